The van der Waals surface area contributed by atoms with Crippen LogP contribution in [0.15, 0.2) is 18.2 Å². The number of benzene rings is 1. The first-order valence-electron chi connectivity index (χ1n) is 4.50. The third-order valence-corrected chi connectivity index (χ3v) is 2.33. The predicted octanol–water partition coefficient (Wildman–Crippen LogP) is 3.42. The van der Waals surface area contributed by atoms with Crippen LogP contribution in [0, 0.1) is 6.92 Å². The maximum Gasteiger partial charge on any atom is 0.419 e. The van der Waals surface area contributed by atoms with Gasteiger partial charge >= 0.3 is 6.18 Å². The number of fused-ring (bicyclic) bond motifs is 1. The van der Waals surface area contributed by atoms with Crippen LogP contribution in [0.4, 0.5) is 13.2 Å². The highest BCUT2D eigenvalue weighted by molar-refractivity contribution is 5.65. The molecule has 2 rings (SSSR count). The van der Waals surface area contributed by atoms with Crippen molar-refractivity contribution in [3.63, 3.8) is 0 Å². The van der Waals surface area contributed by atoms with Gasteiger partial charge in [-0.05, 0) is 24.6 Å². The Labute approximate surface area is 85.2 Å². The van der Waals surface area contributed by atoms with Crippen LogP contribution in [-0.4, -0.2) is 6.61 Å². The lowest BCUT2D eigenvalue weighted by Crippen LogP contribution is -2.12. The van der Waals surface area contributed by atoms with Gasteiger partial charge in [-0.3, -0.25) is 0 Å². The highest BCUT2D eigenvalue weighted by Crippen LogP contribution is 2.40. The summed E-state index contributed by atoms with van der Waals surface area (Å²) in [6, 6.07) is 2.52. The van der Waals surface area contributed by atoms with Gasteiger partial charge in [0, 0.05) is 5.56 Å². The Morgan fingerprint density at radius 1 is 1.27 bits per heavy atom. The van der Waals surface area contributed by atoms with E-state index in [1.807, 2.05) is 0 Å². The molecule has 0 unspecified atom stereocenters. The molecular formula is C11H9F3O. The van der Waals surface area contributed by atoms with E-state index >= 15 is 0 Å². The highest BCUT2D eigenvalue weighted by atomic mass is 19.4. The Morgan fingerprint density at radius 2 is 2.00 bits per heavy atom. The molecule has 4 heteroatoms. The Bertz CT molecular complexity index is 419. The molecule has 1 nitrogen and oxygen atoms in total. The van der Waals surface area contributed by atoms with Gasteiger partial charge in [0.1, 0.15) is 12.4 Å². The first-order chi connectivity index (χ1) is 7.00. The van der Waals surface area contributed by atoms with E-state index in [2.05, 4.69) is 0 Å². The second-order valence-corrected chi connectivity index (χ2v) is 3.38. The molecule has 1 aromatic carbocycles. The van der Waals surface area contributed by atoms with Gasteiger partial charge in [-0.1, -0.05) is 12.1 Å². The molecular weight excluding hydrogens is 205 g/mol. The summed E-state index contributed by atoms with van der Waals surface area (Å²) in [5.41, 5.74) is 0.609. The zero-order valence-electron chi connectivity index (χ0n) is 8.06. The van der Waals surface area contributed by atoms with Crippen molar-refractivity contribution in [1.82, 2.24) is 0 Å². The molecule has 0 fully saturated rings. The van der Waals surface area contributed by atoms with Crippen LogP contribution < -0.4 is 4.74 Å². The molecule has 0 atom stereocenters. The molecule has 1 heterocycles. The van der Waals surface area contributed by atoms with Crippen LogP contribution in [0.3, 0.4) is 0 Å². The third-order valence-electron chi connectivity index (χ3n) is 2.33. The summed E-state index contributed by atoms with van der Waals surface area (Å²) in [5.74, 6) is -0.0509. The minimum absolute atomic E-state index is 0.0509. The van der Waals surface area contributed by atoms with Crippen LogP contribution in [0.25, 0.3) is 6.08 Å². The average molecular weight is 214 g/mol. The van der Waals surface area contributed by atoms with E-state index in [9.17, 15) is 13.2 Å². The fraction of sp³-hybridized carbons (Fsp3) is 0.273. The Hall–Kier alpha value is -1.45. The molecule has 80 valence electrons. The van der Waals surface area contributed by atoms with Crippen LogP contribution >= 0.6 is 0 Å². The van der Waals surface area contributed by atoms with Crippen molar-refractivity contribution in [3.8, 4) is 5.75 Å². The van der Waals surface area contributed by atoms with Gasteiger partial charge in [-0.15, -0.1) is 0 Å². The smallest absolute Gasteiger partial charge is 0.419 e. The number of halogens is 3. The fourth-order valence-corrected chi connectivity index (χ4v) is 1.58. The molecule has 1 aliphatic heterocycles. The van der Waals surface area contributed by atoms with Gasteiger partial charge in [-0.25, -0.2) is 0 Å². The lowest BCUT2D eigenvalue weighted by Gasteiger charge is -2.19. The van der Waals surface area contributed by atoms with Gasteiger partial charge in [0.25, 0.3) is 0 Å². The molecule has 1 aliphatic rings. The third kappa shape index (κ3) is 1.71. The first kappa shape index (κ1) is 10.1. The average Bonchev–Trinajstić information content (AvgIpc) is 2.17. The standard InChI is InChI=1S/C11H9F3O/c1-7-4-5-9(11(12,13)14)10-8(7)3-2-6-15-10/h2-5H,6H2,1H3. The second kappa shape index (κ2) is 3.29. The lowest BCUT2D eigenvalue weighted by molar-refractivity contribution is -0.138. The summed E-state index contributed by atoms with van der Waals surface area (Å²) in [4.78, 5) is 0. The van der Waals surface area contributed by atoms with Gasteiger partial charge in [0.05, 0.1) is 5.56 Å². The zero-order valence-corrected chi connectivity index (χ0v) is 8.06. The molecule has 0 bridgehead atoms. The zero-order chi connectivity index (χ0) is 11.1. The van der Waals surface area contributed by atoms with Gasteiger partial charge in [-0.2, -0.15) is 13.2 Å². The maximum atomic E-state index is 12.6. The van der Waals surface area contributed by atoms with E-state index in [1.165, 1.54) is 6.07 Å². The van der Waals surface area contributed by atoms with E-state index in [4.69, 9.17) is 4.74 Å². The van der Waals surface area contributed by atoms with Crippen molar-refractivity contribution in [3.05, 3.63) is 34.9 Å². The van der Waals surface area contributed by atoms with Crippen LogP contribution in [0.5, 0.6) is 5.75 Å². The van der Waals surface area contributed by atoms with Crippen LogP contribution in [0.1, 0.15) is 16.7 Å². The van der Waals surface area contributed by atoms with E-state index in [1.54, 1.807) is 19.1 Å². The molecule has 0 N–H and O–H groups in total. The number of hydrogen-bond acceptors (Lipinski definition) is 1. The first-order valence-corrected chi connectivity index (χ1v) is 4.50. The molecule has 0 aliphatic carbocycles. The number of rotatable bonds is 0. The van der Waals surface area contributed by atoms with Crippen molar-refractivity contribution >= 4 is 6.08 Å². The van der Waals surface area contributed by atoms with E-state index < -0.39 is 11.7 Å². The Kier molecular flexibility index (Phi) is 2.21. The fourth-order valence-electron chi connectivity index (χ4n) is 1.58. The second-order valence-electron chi connectivity index (χ2n) is 3.38. The molecule has 0 radical (unpaired) electrons. The monoisotopic (exact) mass is 214 g/mol. The van der Waals surface area contributed by atoms with E-state index in [0.717, 1.165) is 11.6 Å². The SMILES string of the molecule is Cc1ccc(C(F)(F)F)c2c1C=CCO2. The van der Waals surface area contributed by atoms with E-state index in [0.29, 0.717) is 5.56 Å². The molecule has 15 heavy (non-hydrogen) atoms. The molecule has 1 aromatic rings. The summed E-state index contributed by atoms with van der Waals surface area (Å²) in [6.07, 6.45) is -0.984. The van der Waals surface area contributed by atoms with E-state index in [-0.39, 0.29) is 12.4 Å². The predicted molar refractivity (Wildman–Crippen MR) is 50.7 cm³/mol. The van der Waals surface area contributed by atoms with Crippen LogP contribution in [0.2, 0.25) is 0 Å². The number of alkyl halides is 3. The van der Waals surface area contributed by atoms with Crippen LogP contribution in [-0.2, 0) is 6.18 Å². The minimum atomic E-state index is -4.36. The molecule has 0 saturated carbocycles. The van der Waals surface area contributed by atoms with Crippen molar-refractivity contribution < 1.29 is 17.9 Å². The largest absolute Gasteiger partial charge is 0.488 e. The van der Waals surface area contributed by atoms with Crippen molar-refractivity contribution in [2.24, 2.45) is 0 Å². The number of hydrogen-bond donors (Lipinski definition) is 0. The van der Waals surface area contributed by atoms with Gasteiger partial charge < -0.3 is 4.74 Å². The van der Waals surface area contributed by atoms with Crippen molar-refractivity contribution in [2.45, 2.75) is 13.1 Å². The molecule has 0 saturated heterocycles. The summed E-state index contributed by atoms with van der Waals surface area (Å²) in [6.45, 7) is 1.96. The highest BCUT2D eigenvalue weighted by Gasteiger charge is 2.35. The number of aryl methyl sites for hydroxylation is 1. The van der Waals surface area contributed by atoms with Gasteiger partial charge in [0.15, 0.2) is 0 Å². The Balaban J connectivity index is 2.65. The van der Waals surface area contributed by atoms with Crippen molar-refractivity contribution in [1.29, 1.82) is 0 Å². The van der Waals surface area contributed by atoms with Gasteiger partial charge in [0.2, 0.25) is 0 Å². The Morgan fingerprint density at radius 3 is 2.67 bits per heavy atom. The summed E-state index contributed by atoms with van der Waals surface area (Å²) in [5, 5.41) is 0. The molecule has 0 spiro atoms. The maximum absolute atomic E-state index is 12.6. The number of ether oxygens (including phenoxy) is 1. The normalized spacial score (nSPS) is 14.7. The van der Waals surface area contributed by atoms with Crippen molar-refractivity contribution in [2.75, 3.05) is 6.61 Å². The topological polar surface area (TPSA) is 9.23 Å². The molecule has 0 aromatic heterocycles. The summed E-state index contributed by atoms with van der Waals surface area (Å²) >= 11 is 0. The molecule has 0 amide bonds. The quantitative estimate of drug-likeness (QED) is 0.643. The lowest BCUT2D eigenvalue weighted by atomic mass is 10.0. The summed E-state index contributed by atoms with van der Waals surface area (Å²) < 4.78 is 42.9. The minimum Gasteiger partial charge on any atom is -0.488 e. The summed E-state index contributed by atoms with van der Waals surface area (Å²) in [7, 11) is 0.